The van der Waals surface area contributed by atoms with Crippen molar-refractivity contribution < 1.29 is 9.53 Å². The summed E-state index contributed by atoms with van der Waals surface area (Å²) in [4.78, 5) is 26.1. The molecule has 6 nitrogen and oxygen atoms in total. The molecule has 1 aromatic carbocycles. The normalized spacial score (nSPS) is 15.2. The van der Waals surface area contributed by atoms with Crippen LogP contribution in [-0.4, -0.2) is 28.6 Å². The van der Waals surface area contributed by atoms with E-state index in [0.717, 1.165) is 59.0 Å². The number of ether oxygens (including phenoxy) is 1. The van der Waals surface area contributed by atoms with Crippen LogP contribution in [-0.2, 0) is 17.9 Å². The summed E-state index contributed by atoms with van der Waals surface area (Å²) >= 11 is 13.0. The average Bonchev–Trinajstić information content (AvgIpc) is 2.92. The van der Waals surface area contributed by atoms with Gasteiger partial charge in [0, 0.05) is 54.1 Å². The van der Waals surface area contributed by atoms with E-state index in [4.69, 9.17) is 32.9 Å². The number of pyridine rings is 2. The van der Waals surface area contributed by atoms with Gasteiger partial charge in [0.05, 0.1) is 15.8 Å². The topological polar surface area (TPSA) is 76.5 Å². The number of carbonyl (C=O) groups is 1. The number of aliphatic imine (C=N–C) groups is 1. The number of halogens is 2. The Morgan fingerprint density at radius 1 is 1.24 bits per heavy atom. The number of hydrogen-bond acceptors (Lipinski definition) is 5. The molecule has 1 fully saturated rings. The van der Waals surface area contributed by atoms with Crippen LogP contribution in [0.3, 0.4) is 0 Å². The lowest BCUT2D eigenvalue weighted by Crippen LogP contribution is -2.31. The maximum absolute atomic E-state index is 12.7. The number of amides is 1. The Labute approximate surface area is 228 Å². The SMILES string of the molecule is C/C=C(Cl)\C(=N/C)c1cc(C)nc2c(OCc3c(Cl)cncc3CNC(=O)C3CCCCC3)cccc12. The molecule has 8 heteroatoms. The molecule has 0 spiro atoms. The number of nitrogens with one attached hydrogen (secondary N) is 1. The molecule has 1 amide bonds. The monoisotopic (exact) mass is 538 g/mol. The predicted molar refractivity (Wildman–Crippen MR) is 151 cm³/mol. The van der Waals surface area contributed by atoms with Crippen molar-refractivity contribution in [1.29, 1.82) is 0 Å². The third-order valence-electron chi connectivity index (χ3n) is 6.78. The molecule has 0 atom stereocenters. The quantitative estimate of drug-likeness (QED) is 0.315. The van der Waals surface area contributed by atoms with Gasteiger partial charge in [-0.15, -0.1) is 0 Å². The molecule has 4 rings (SSSR count). The van der Waals surface area contributed by atoms with E-state index in [1.165, 1.54) is 6.42 Å². The van der Waals surface area contributed by atoms with Crippen molar-refractivity contribution in [3.8, 4) is 5.75 Å². The van der Waals surface area contributed by atoms with E-state index in [1.54, 1.807) is 19.4 Å². The number of hydrogen-bond donors (Lipinski definition) is 1. The lowest BCUT2D eigenvalue weighted by molar-refractivity contribution is -0.126. The van der Waals surface area contributed by atoms with Crippen LogP contribution in [0.15, 0.2) is 52.8 Å². The molecular formula is C29H32Cl2N4O2. The minimum absolute atomic E-state index is 0.0902. The van der Waals surface area contributed by atoms with Gasteiger partial charge < -0.3 is 10.1 Å². The second kappa shape index (κ2) is 12.5. The number of carbonyl (C=O) groups excluding carboxylic acids is 1. The highest BCUT2D eigenvalue weighted by Gasteiger charge is 2.21. The number of nitrogens with zero attached hydrogens (tertiary/aromatic N) is 3. The number of rotatable bonds is 8. The fourth-order valence-corrected chi connectivity index (χ4v) is 5.23. The number of aryl methyl sites for hydroxylation is 1. The molecule has 0 aliphatic heterocycles. The molecule has 0 bridgehead atoms. The Morgan fingerprint density at radius 3 is 2.76 bits per heavy atom. The second-order valence-electron chi connectivity index (χ2n) is 9.27. The molecule has 37 heavy (non-hydrogen) atoms. The van der Waals surface area contributed by atoms with Crippen molar-refractivity contribution >= 4 is 45.7 Å². The third-order valence-corrected chi connectivity index (χ3v) is 7.51. The van der Waals surface area contributed by atoms with E-state index in [0.29, 0.717) is 28.1 Å². The highest BCUT2D eigenvalue weighted by atomic mass is 35.5. The van der Waals surface area contributed by atoms with Gasteiger partial charge in [-0.2, -0.15) is 0 Å². The largest absolute Gasteiger partial charge is 0.487 e. The molecule has 1 saturated carbocycles. The van der Waals surface area contributed by atoms with E-state index in [2.05, 4.69) is 15.3 Å². The summed E-state index contributed by atoms with van der Waals surface area (Å²) in [5, 5.41) is 5.04. The van der Waals surface area contributed by atoms with Gasteiger partial charge in [0.1, 0.15) is 17.9 Å². The summed E-state index contributed by atoms with van der Waals surface area (Å²) in [6.07, 6.45) is 10.5. The number of para-hydroxylation sites is 1. The van der Waals surface area contributed by atoms with Crippen LogP contribution in [0.2, 0.25) is 5.02 Å². The van der Waals surface area contributed by atoms with Gasteiger partial charge in [-0.1, -0.05) is 60.7 Å². The minimum Gasteiger partial charge on any atom is -0.487 e. The number of benzene rings is 1. The Balaban J connectivity index is 1.59. The smallest absolute Gasteiger partial charge is 0.223 e. The molecular weight excluding hydrogens is 507 g/mol. The van der Waals surface area contributed by atoms with Crippen molar-refractivity contribution in [2.45, 2.75) is 59.1 Å². The van der Waals surface area contributed by atoms with Crippen molar-refractivity contribution in [3.63, 3.8) is 0 Å². The van der Waals surface area contributed by atoms with Gasteiger partial charge in [0.2, 0.25) is 5.91 Å². The summed E-state index contributed by atoms with van der Waals surface area (Å²) in [7, 11) is 1.73. The highest BCUT2D eigenvalue weighted by molar-refractivity contribution is 6.47. The summed E-state index contributed by atoms with van der Waals surface area (Å²) in [6, 6.07) is 7.78. The van der Waals surface area contributed by atoms with E-state index in [-0.39, 0.29) is 18.4 Å². The summed E-state index contributed by atoms with van der Waals surface area (Å²) < 4.78 is 6.29. The first-order chi connectivity index (χ1) is 17.9. The van der Waals surface area contributed by atoms with Crippen LogP contribution in [0.25, 0.3) is 10.9 Å². The zero-order valence-corrected chi connectivity index (χ0v) is 23.0. The highest BCUT2D eigenvalue weighted by Crippen LogP contribution is 2.31. The lowest BCUT2D eigenvalue weighted by atomic mass is 9.88. The Morgan fingerprint density at radius 2 is 2.03 bits per heavy atom. The van der Waals surface area contributed by atoms with Gasteiger partial charge in [0.25, 0.3) is 0 Å². The summed E-state index contributed by atoms with van der Waals surface area (Å²) in [6.45, 7) is 4.39. The Kier molecular flexibility index (Phi) is 9.17. The van der Waals surface area contributed by atoms with Crippen LogP contribution < -0.4 is 10.1 Å². The standard InChI is InChI=1S/C29H32Cl2N4O2/c1-4-24(30)27(32-3)22-13-18(2)35-28-21(22)11-8-12-26(28)37-17-23-20(14-33-16-25(23)31)15-34-29(36)19-9-6-5-7-10-19/h4,8,11-14,16,19H,5-7,9-10,15,17H2,1-3H3,(H,34,36)/b24-4+,32-27-. The first kappa shape index (κ1) is 27.1. The molecule has 1 aliphatic rings. The number of aromatic nitrogens is 2. The first-order valence-electron chi connectivity index (χ1n) is 12.6. The molecule has 1 aliphatic carbocycles. The third kappa shape index (κ3) is 6.31. The number of fused-ring (bicyclic) bond motifs is 1. The molecule has 1 N–H and O–H groups in total. The van der Waals surface area contributed by atoms with E-state index < -0.39 is 0 Å². The van der Waals surface area contributed by atoms with Gasteiger partial charge in [-0.3, -0.25) is 14.8 Å². The van der Waals surface area contributed by atoms with Crippen molar-refractivity contribution in [2.24, 2.45) is 10.9 Å². The van der Waals surface area contributed by atoms with E-state index in [1.807, 2.05) is 44.2 Å². The van der Waals surface area contributed by atoms with Gasteiger partial charge in [-0.05, 0) is 44.4 Å². The molecule has 2 heterocycles. The van der Waals surface area contributed by atoms with Crippen LogP contribution in [0.5, 0.6) is 5.75 Å². The lowest BCUT2D eigenvalue weighted by Gasteiger charge is -2.21. The van der Waals surface area contributed by atoms with Gasteiger partial charge in [0.15, 0.2) is 0 Å². The van der Waals surface area contributed by atoms with Crippen molar-refractivity contribution in [3.05, 3.63) is 75.2 Å². The molecule has 0 unspecified atom stereocenters. The number of allylic oxidation sites excluding steroid dienone is 2. The zero-order valence-electron chi connectivity index (χ0n) is 21.5. The van der Waals surface area contributed by atoms with Crippen molar-refractivity contribution in [1.82, 2.24) is 15.3 Å². The molecule has 194 valence electrons. The Bertz CT molecular complexity index is 1350. The van der Waals surface area contributed by atoms with Crippen LogP contribution in [0, 0.1) is 12.8 Å². The molecule has 0 radical (unpaired) electrons. The average molecular weight is 540 g/mol. The van der Waals surface area contributed by atoms with Crippen LogP contribution in [0.4, 0.5) is 0 Å². The molecule has 2 aromatic heterocycles. The maximum Gasteiger partial charge on any atom is 0.223 e. The fraction of sp³-hybridized carbons (Fsp3) is 0.379. The predicted octanol–water partition coefficient (Wildman–Crippen LogP) is 6.93. The summed E-state index contributed by atoms with van der Waals surface area (Å²) in [5.41, 5.74) is 4.77. The van der Waals surface area contributed by atoms with E-state index in [9.17, 15) is 4.79 Å². The minimum atomic E-state index is 0.0902. The van der Waals surface area contributed by atoms with Crippen LogP contribution in [0.1, 0.15) is 61.4 Å². The van der Waals surface area contributed by atoms with Gasteiger partial charge >= 0.3 is 0 Å². The maximum atomic E-state index is 12.7. The van der Waals surface area contributed by atoms with Crippen LogP contribution >= 0.6 is 23.2 Å². The van der Waals surface area contributed by atoms with Gasteiger partial charge in [-0.25, -0.2) is 4.98 Å². The molecule has 0 saturated heterocycles. The first-order valence-corrected chi connectivity index (χ1v) is 13.4. The summed E-state index contributed by atoms with van der Waals surface area (Å²) in [5.74, 6) is 0.813. The zero-order chi connectivity index (χ0) is 26.4. The van der Waals surface area contributed by atoms with Crippen molar-refractivity contribution in [2.75, 3.05) is 7.05 Å². The fourth-order valence-electron chi connectivity index (χ4n) is 4.81. The Hall–Kier alpha value is -2.96. The second-order valence-corrected chi connectivity index (χ2v) is 10.1. The van der Waals surface area contributed by atoms with E-state index >= 15 is 0 Å². The molecule has 3 aromatic rings.